The van der Waals surface area contributed by atoms with Crippen LogP contribution >= 0.6 is 0 Å². The highest BCUT2D eigenvalue weighted by molar-refractivity contribution is 5.73. The Hall–Kier alpha value is -2.77. The number of aryl methyl sites for hydroxylation is 1. The van der Waals surface area contributed by atoms with Crippen molar-refractivity contribution < 1.29 is 27.4 Å². The molecule has 5 nitrogen and oxygen atoms in total. The summed E-state index contributed by atoms with van der Waals surface area (Å²) in [5.74, 6) is 1.08. The molecule has 37 heavy (non-hydrogen) atoms. The lowest BCUT2D eigenvalue weighted by Crippen LogP contribution is -2.47. The van der Waals surface area contributed by atoms with Gasteiger partial charge in [-0.15, -0.1) is 0 Å². The quantitative estimate of drug-likeness (QED) is 0.408. The number of carbonyl (C=O) groups excluding carboxylic acids is 1. The Labute approximate surface area is 216 Å². The molecule has 2 heterocycles. The molecule has 2 fully saturated rings. The molecule has 2 aromatic rings. The van der Waals surface area contributed by atoms with E-state index in [-0.39, 0.29) is 35.3 Å². The van der Waals surface area contributed by atoms with Crippen molar-refractivity contribution >= 4 is 11.8 Å². The third-order valence-electron chi connectivity index (χ3n) is 8.73. The number of aromatic nitrogens is 1. The molecule has 0 amide bonds. The van der Waals surface area contributed by atoms with Gasteiger partial charge in [-0.1, -0.05) is 19.1 Å². The first-order chi connectivity index (χ1) is 17.6. The smallest absolute Gasteiger partial charge is 0.419 e. The van der Waals surface area contributed by atoms with E-state index in [0.29, 0.717) is 5.92 Å². The molecular weight excluding hydrogens is 481 g/mol. The number of rotatable bonds is 6. The summed E-state index contributed by atoms with van der Waals surface area (Å²) in [4.78, 5) is 18.1. The number of methoxy groups -OCH3 is 1. The average molecular weight is 517 g/mol. The summed E-state index contributed by atoms with van der Waals surface area (Å²) >= 11 is 0. The van der Waals surface area contributed by atoms with Gasteiger partial charge < -0.3 is 14.4 Å². The van der Waals surface area contributed by atoms with Gasteiger partial charge >= 0.3 is 12.1 Å². The molecule has 3 aliphatic rings. The van der Waals surface area contributed by atoms with Crippen LogP contribution in [0.4, 0.5) is 19.0 Å². The first-order valence-electron chi connectivity index (χ1n) is 13.3. The second kappa shape index (κ2) is 9.84. The zero-order valence-corrected chi connectivity index (χ0v) is 21.7. The Morgan fingerprint density at radius 3 is 2.54 bits per heavy atom. The number of ether oxygens (including phenoxy) is 2. The topological polar surface area (TPSA) is 51.7 Å². The Kier molecular flexibility index (Phi) is 6.88. The van der Waals surface area contributed by atoms with Crippen molar-refractivity contribution in [2.75, 3.05) is 19.1 Å². The highest BCUT2D eigenvalue weighted by Crippen LogP contribution is 2.49. The van der Waals surface area contributed by atoms with Crippen LogP contribution in [0.2, 0.25) is 0 Å². The van der Waals surface area contributed by atoms with Gasteiger partial charge in [0.1, 0.15) is 17.2 Å². The Bertz CT molecular complexity index is 1140. The number of alkyl halides is 3. The maximum Gasteiger partial charge on any atom is 0.419 e. The fourth-order valence-corrected chi connectivity index (χ4v) is 6.42. The minimum Gasteiger partial charge on any atom is -0.487 e. The number of anilines is 1. The second-order valence-electron chi connectivity index (χ2n) is 11.0. The van der Waals surface area contributed by atoms with Crippen LogP contribution in [-0.4, -0.2) is 36.8 Å². The predicted octanol–water partition coefficient (Wildman–Crippen LogP) is 6.55. The largest absolute Gasteiger partial charge is 0.487 e. The van der Waals surface area contributed by atoms with Crippen molar-refractivity contribution in [3.05, 3.63) is 53.2 Å². The van der Waals surface area contributed by atoms with Crippen molar-refractivity contribution in [1.82, 2.24) is 4.98 Å². The zero-order valence-electron chi connectivity index (χ0n) is 21.7. The molecule has 1 spiro atoms. The van der Waals surface area contributed by atoms with Crippen LogP contribution in [0.15, 0.2) is 36.5 Å². The highest BCUT2D eigenvalue weighted by Gasteiger charge is 2.44. The van der Waals surface area contributed by atoms with E-state index in [1.165, 1.54) is 24.9 Å². The van der Waals surface area contributed by atoms with Crippen LogP contribution in [0.5, 0.6) is 5.75 Å². The van der Waals surface area contributed by atoms with Gasteiger partial charge in [0.15, 0.2) is 0 Å². The summed E-state index contributed by atoms with van der Waals surface area (Å²) in [6.45, 7) is 1.94. The molecule has 0 bridgehead atoms. The van der Waals surface area contributed by atoms with Gasteiger partial charge in [-0.05, 0) is 92.5 Å². The molecule has 1 aromatic carbocycles. The van der Waals surface area contributed by atoms with Crippen LogP contribution in [0.25, 0.3) is 0 Å². The van der Waals surface area contributed by atoms with Crippen molar-refractivity contribution in [3.8, 4) is 5.75 Å². The minimum absolute atomic E-state index is 0.0126. The number of pyridine rings is 1. The average Bonchev–Trinajstić information content (AvgIpc) is 3.73. The van der Waals surface area contributed by atoms with Gasteiger partial charge in [0.05, 0.1) is 18.6 Å². The maximum atomic E-state index is 13.5. The lowest BCUT2D eigenvalue weighted by Gasteiger charge is -2.45. The number of benzene rings is 1. The van der Waals surface area contributed by atoms with Gasteiger partial charge in [0.25, 0.3) is 0 Å². The summed E-state index contributed by atoms with van der Waals surface area (Å²) < 4.78 is 52.4. The zero-order chi connectivity index (χ0) is 26.4. The van der Waals surface area contributed by atoms with E-state index in [1.54, 1.807) is 11.9 Å². The Morgan fingerprint density at radius 2 is 1.89 bits per heavy atom. The minimum atomic E-state index is -4.44. The van der Waals surface area contributed by atoms with Crippen LogP contribution < -0.4 is 9.64 Å². The van der Waals surface area contributed by atoms with E-state index in [0.717, 1.165) is 68.7 Å². The predicted molar refractivity (Wildman–Crippen MR) is 135 cm³/mol. The van der Waals surface area contributed by atoms with Crippen molar-refractivity contribution in [1.29, 1.82) is 0 Å². The number of fused-ring (bicyclic) bond motifs is 1. The molecule has 200 valence electrons. The van der Waals surface area contributed by atoms with E-state index in [2.05, 4.69) is 23.2 Å². The van der Waals surface area contributed by atoms with Crippen LogP contribution in [0.3, 0.4) is 0 Å². The summed E-state index contributed by atoms with van der Waals surface area (Å²) in [6.07, 6.45) is 4.07. The lowest BCUT2D eigenvalue weighted by molar-refractivity contribution is -0.145. The molecule has 1 aromatic heterocycles. The second-order valence-corrected chi connectivity index (χ2v) is 11.0. The van der Waals surface area contributed by atoms with E-state index in [4.69, 9.17) is 9.47 Å². The molecule has 0 radical (unpaired) electrons. The fraction of sp³-hybridized carbons (Fsp3) is 0.586. The summed E-state index contributed by atoms with van der Waals surface area (Å²) in [6, 6.07) is 8.80. The summed E-state index contributed by atoms with van der Waals surface area (Å²) in [5, 5.41) is 0. The Balaban J connectivity index is 1.30. The molecule has 8 heteroatoms. The molecule has 0 N–H and O–H groups in total. The first-order valence-corrected chi connectivity index (χ1v) is 13.3. The molecule has 2 saturated carbocycles. The van der Waals surface area contributed by atoms with Crippen LogP contribution in [0, 0.1) is 11.8 Å². The van der Waals surface area contributed by atoms with E-state index >= 15 is 0 Å². The molecule has 0 saturated heterocycles. The van der Waals surface area contributed by atoms with Gasteiger partial charge in [0.2, 0.25) is 0 Å². The fourth-order valence-electron chi connectivity index (χ4n) is 6.42. The third kappa shape index (κ3) is 5.16. The van der Waals surface area contributed by atoms with Gasteiger partial charge in [-0.25, -0.2) is 4.98 Å². The highest BCUT2D eigenvalue weighted by atomic mass is 19.4. The first kappa shape index (κ1) is 25.9. The molecular formula is C29H35F3N2O3. The number of hydrogen-bond acceptors (Lipinski definition) is 5. The number of hydrogen-bond donors (Lipinski definition) is 0. The van der Waals surface area contributed by atoms with Crippen LogP contribution in [0.1, 0.15) is 74.5 Å². The number of halogens is 3. The Morgan fingerprint density at radius 1 is 1.16 bits per heavy atom. The maximum absolute atomic E-state index is 13.5. The van der Waals surface area contributed by atoms with Crippen molar-refractivity contribution in [2.45, 2.75) is 82.0 Å². The normalized spacial score (nSPS) is 25.1. The van der Waals surface area contributed by atoms with E-state index in [1.807, 2.05) is 6.92 Å². The van der Waals surface area contributed by atoms with Crippen LogP contribution in [-0.2, 0) is 22.1 Å². The molecule has 5 rings (SSSR count). The molecule has 2 aliphatic carbocycles. The van der Waals surface area contributed by atoms with E-state index < -0.39 is 11.7 Å². The van der Waals surface area contributed by atoms with Crippen molar-refractivity contribution in [3.63, 3.8) is 0 Å². The summed E-state index contributed by atoms with van der Waals surface area (Å²) in [5.41, 5.74) is 1.30. The monoisotopic (exact) mass is 516 g/mol. The SMILES string of the molecule is COC(=O)[C@H](C)[C@H](c1ccc2c(c1)OC1(CC2)CCC(N(C)c2ncccc2C(F)(F)F)CC1)C1CC1. The number of esters is 1. The lowest BCUT2D eigenvalue weighted by atomic mass is 9.76. The summed E-state index contributed by atoms with van der Waals surface area (Å²) in [7, 11) is 3.15. The standard InChI is InChI=1S/C29H35F3N2O3/c1-18(27(35)36-3)25(20-7-8-20)21-9-6-19-10-13-28(37-24(19)17-21)14-11-22(12-15-28)34(2)26-23(29(30,31)32)5-4-16-33-26/h4-6,9,16-18,20,22,25H,7-8,10-15H2,1-3H3/t18-,22?,25+,28?/m1/s1. The number of carbonyl (C=O) groups is 1. The van der Waals surface area contributed by atoms with Gasteiger partial charge in [0, 0.05) is 19.3 Å². The molecule has 0 unspecified atom stereocenters. The van der Waals surface area contributed by atoms with E-state index in [9.17, 15) is 18.0 Å². The van der Waals surface area contributed by atoms with Crippen molar-refractivity contribution in [2.24, 2.45) is 11.8 Å². The van der Waals surface area contributed by atoms with Gasteiger partial charge in [-0.3, -0.25) is 4.79 Å². The third-order valence-corrected chi connectivity index (χ3v) is 8.73. The molecule has 1 aliphatic heterocycles. The molecule has 2 atom stereocenters. The number of nitrogens with zero attached hydrogens (tertiary/aromatic N) is 2. The van der Waals surface area contributed by atoms with Gasteiger partial charge in [-0.2, -0.15) is 13.2 Å².